The van der Waals surface area contributed by atoms with Crippen molar-refractivity contribution in [3.63, 3.8) is 0 Å². The maximum Gasteiger partial charge on any atom is 0.0468 e. The Morgan fingerprint density at radius 3 is 2.18 bits per heavy atom. The van der Waals surface area contributed by atoms with Gasteiger partial charge in [0.1, 0.15) is 0 Å². The second kappa shape index (κ2) is 8.97. The van der Waals surface area contributed by atoms with Crippen LogP contribution in [0.5, 0.6) is 0 Å². The van der Waals surface area contributed by atoms with Gasteiger partial charge in [-0.2, -0.15) is 11.8 Å². The molecule has 0 aromatic carbocycles. The predicted octanol–water partition coefficient (Wildman–Crippen LogP) is 5.92. The lowest BCUT2D eigenvalue weighted by atomic mass is 9.75. The zero-order chi connectivity index (χ0) is 15.2. The molecule has 1 nitrogen and oxygen atoms in total. The van der Waals surface area contributed by atoms with E-state index in [2.05, 4.69) is 18.7 Å². The molecule has 2 saturated heterocycles. The van der Waals surface area contributed by atoms with Gasteiger partial charge < -0.3 is 4.74 Å². The molecule has 2 aliphatic heterocycles. The summed E-state index contributed by atoms with van der Waals surface area (Å²) in [6.07, 6.45) is 16.2. The third-order valence-electron chi connectivity index (χ3n) is 6.62. The molecule has 3 fully saturated rings. The van der Waals surface area contributed by atoms with Crippen LogP contribution in [0.4, 0.5) is 0 Å². The number of hydrogen-bond acceptors (Lipinski definition) is 2. The van der Waals surface area contributed by atoms with Crippen molar-refractivity contribution in [3.05, 3.63) is 0 Å². The molecule has 3 aliphatic rings. The summed E-state index contributed by atoms with van der Waals surface area (Å²) in [4.78, 5) is 0. The maximum atomic E-state index is 5.52. The van der Waals surface area contributed by atoms with Crippen molar-refractivity contribution in [2.24, 2.45) is 23.7 Å². The summed E-state index contributed by atoms with van der Waals surface area (Å²) >= 11 is 2.29. The third kappa shape index (κ3) is 5.16. The van der Waals surface area contributed by atoms with Crippen LogP contribution in [0, 0.1) is 23.7 Å². The number of thioether (sulfide) groups is 1. The van der Waals surface area contributed by atoms with E-state index in [-0.39, 0.29) is 0 Å². The van der Waals surface area contributed by atoms with Gasteiger partial charge in [0.25, 0.3) is 0 Å². The van der Waals surface area contributed by atoms with E-state index in [9.17, 15) is 0 Å². The van der Waals surface area contributed by atoms with Crippen LogP contribution < -0.4 is 0 Å². The Morgan fingerprint density at radius 1 is 0.773 bits per heavy atom. The molecule has 0 amide bonds. The van der Waals surface area contributed by atoms with Gasteiger partial charge in [-0.3, -0.25) is 0 Å². The lowest BCUT2D eigenvalue weighted by molar-refractivity contribution is 0.0630. The molecule has 1 saturated carbocycles. The highest BCUT2D eigenvalue weighted by molar-refractivity contribution is 7.99. The Labute approximate surface area is 142 Å². The fourth-order valence-electron chi connectivity index (χ4n) is 5.04. The molecule has 0 bridgehead atoms. The van der Waals surface area contributed by atoms with E-state index in [0.717, 1.165) is 42.1 Å². The first-order valence-electron chi connectivity index (χ1n) is 10.0. The van der Waals surface area contributed by atoms with Gasteiger partial charge in [0.15, 0.2) is 0 Å². The molecule has 2 heteroatoms. The zero-order valence-corrected chi connectivity index (χ0v) is 15.4. The van der Waals surface area contributed by atoms with Gasteiger partial charge >= 0.3 is 0 Å². The van der Waals surface area contributed by atoms with Gasteiger partial charge in [-0.05, 0) is 67.9 Å². The largest absolute Gasteiger partial charge is 0.381 e. The molecular formula is C20H36OS. The van der Waals surface area contributed by atoms with E-state index >= 15 is 0 Å². The van der Waals surface area contributed by atoms with Crippen LogP contribution in [-0.2, 0) is 4.74 Å². The van der Waals surface area contributed by atoms with Crippen LogP contribution in [0.2, 0.25) is 0 Å². The van der Waals surface area contributed by atoms with Crippen molar-refractivity contribution in [1.82, 2.24) is 0 Å². The topological polar surface area (TPSA) is 9.23 Å². The highest BCUT2D eigenvalue weighted by atomic mass is 32.2. The van der Waals surface area contributed by atoms with Gasteiger partial charge in [-0.25, -0.2) is 0 Å². The molecule has 2 atom stereocenters. The summed E-state index contributed by atoms with van der Waals surface area (Å²) in [6.45, 7) is 4.42. The molecule has 0 aromatic rings. The van der Waals surface area contributed by atoms with Crippen molar-refractivity contribution in [2.45, 2.75) is 82.8 Å². The molecular weight excluding hydrogens is 288 g/mol. The smallest absolute Gasteiger partial charge is 0.0468 e. The van der Waals surface area contributed by atoms with Crippen LogP contribution in [-0.4, -0.2) is 24.2 Å². The summed E-state index contributed by atoms with van der Waals surface area (Å²) in [6, 6.07) is 0. The fourth-order valence-corrected chi connectivity index (χ4v) is 6.66. The first-order chi connectivity index (χ1) is 10.8. The maximum absolute atomic E-state index is 5.52. The van der Waals surface area contributed by atoms with Crippen LogP contribution in [0.3, 0.4) is 0 Å². The molecule has 2 heterocycles. The van der Waals surface area contributed by atoms with Gasteiger partial charge in [-0.15, -0.1) is 0 Å². The average Bonchev–Trinajstić information content (AvgIpc) is 2.57. The summed E-state index contributed by atoms with van der Waals surface area (Å²) in [5.74, 6) is 5.57. The summed E-state index contributed by atoms with van der Waals surface area (Å²) in [7, 11) is 0. The van der Waals surface area contributed by atoms with Crippen molar-refractivity contribution in [1.29, 1.82) is 0 Å². The number of rotatable bonds is 5. The Balaban J connectivity index is 1.38. The van der Waals surface area contributed by atoms with Crippen LogP contribution >= 0.6 is 11.8 Å². The molecule has 128 valence electrons. The Bertz CT molecular complexity index is 305. The Morgan fingerprint density at radius 2 is 1.45 bits per heavy atom. The van der Waals surface area contributed by atoms with Gasteiger partial charge in [0.05, 0.1) is 0 Å². The minimum atomic E-state index is 0.963. The minimum Gasteiger partial charge on any atom is -0.381 e. The standard InChI is InChI=1S/C20H36OS/c1-2-16-3-5-17(6-4-16)13-19-9-12-22-20(15-19)14-18-7-10-21-11-8-18/h16-20H,2-15H2,1H3. The molecule has 0 radical (unpaired) electrons. The molecule has 1 aliphatic carbocycles. The van der Waals surface area contributed by atoms with Crippen LogP contribution in [0.1, 0.15) is 77.6 Å². The van der Waals surface area contributed by atoms with E-state index < -0.39 is 0 Å². The van der Waals surface area contributed by atoms with E-state index in [0.29, 0.717) is 0 Å². The van der Waals surface area contributed by atoms with Crippen molar-refractivity contribution < 1.29 is 4.74 Å². The Hall–Kier alpha value is 0.310. The lowest BCUT2D eigenvalue weighted by Gasteiger charge is -2.35. The van der Waals surface area contributed by atoms with Crippen LogP contribution in [0.15, 0.2) is 0 Å². The Kier molecular flexibility index (Phi) is 6.99. The van der Waals surface area contributed by atoms with E-state index in [1.807, 2.05) is 0 Å². The van der Waals surface area contributed by atoms with Crippen molar-refractivity contribution in [2.75, 3.05) is 19.0 Å². The molecule has 2 unspecified atom stereocenters. The fraction of sp³-hybridized carbons (Fsp3) is 1.00. The molecule has 0 aromatic heterocycles. The highest BCUT2D eigenvalue weighted by Crippen LogP contribution is 2.41. The average molecular weight is 325 g/mol. The first kappa shape index (κ1) is 17.1. The van der Waals surface area contributed by atoms with Crippen molar-refractivity contribution >= 4 is 11.8 Å². The summed E-state index contributed by atoms with van der Waals surface area (Å²) in [5.41, 5.74) is 0. The summed E-state index contributed by atoms with van der Waals surface area (Å²) < 4.78 is 5.52. The molecule has 0 spiro atoms. The normalized spacial score (nSPS) is 38.0. The van der Waals surface area contributed by atoms with Gasteiger partial charge in [0, 0.05) is 18.5 Å². The third-order valence-corrected chi connectivity index (χ3v) is 7.95. The monoisotopic (exact) mass is 324 g/mol. The molecule has 3 rings (SSSR count). The second-order valence-corrected chi connectivity index (χ2v) is 9.61. The van der Waals surface area contributed by atoms with Gasteiger partial charge in [0.2, 0.25) is 0 Å². The predicted molar refractivity (Wildman–Crippen MR) is 97.5 cm³/mol. The van der Waals surface area contributed by atoms with Crippen molar-refractivity contribution in [3.8, 4) is 0 Å². The first-order valence-corrected chi connectivity index (χ1v) is 11.1. The molecule has 22 heavy (non-hydrogen) atoms. The SMILES string of the molecule is CCC1CCC(CC2CCSC(CC3CCOCC3)C2)CC1. The van der Waals surface area contributed by atoms with E-state index in [4.69, 9.17) is 4.74 Å². The highest BCUT2D eigenvalue weighted by Gasteiger charge is 2.29. The number of ether oxygens (including phenoxy) is 1. The van der Waals surface area contributed by atoms with E-state index in [1.165, 1.54) is 70.0 Å². The number of hydrogen-bond donors (Lipinski definition) is 0. The zero-order valence-electron chi connectivity index (χ0n) is 14.6. The minimum absolute atomic E-state index is 0.963. The van der Waals surface area contributed by atoms with Gasteiger partial charge in [-0.1, -0.05) is 39.0 Å². The van der Waals surface area contributed by atoms with E-state index in [1.54, 1.807) is 6.42 Å². The summed E-state index contributed by atoms with van der Waals surface area (Å²) in [5, 5.41) is 0.967. The second-order valence-electron chi connectivity index (χ2n) is 8.21. The quantitative estimate of drug-likeness (QED) is 0.620. The lowest BCUT2D eigenvalue weighted by Crippen LogP contribution is -2.26. The molecule has 0 N–H and O–H groups in total. The van der Waals surface area contributed by atoms with Crippen LogP contribution in [0.25, 0.3) is 0 Å².